The summed E-state index contributed by atoms with van der Waals surface area (Å²) in [6.45, 7) is 2.96. The van der Waals surface area contributed by atoms with Crippen LogP contribution in [0.1, 0.15) is 5.56 Å². The van der Waals surface area contributed by atoms with Crippen molar-refractivity contribution >= 4 is 38.6 Å². The minimum Gasteiger partial charge on any atom is -0.383 e. The minimum atomic E-state index is 0.101. The summed E-state index contributed by atoms with van der Waals surface area (Å²) in [5, 5.41) is 1.49. The Morgan fingerprint density at radius 1 is 1.23 bits per heavy atom. The van der Waals surface area contributed by atoms with Crippen LogP contribution in [0.5, 0.6) is 0 Å². The summed E-state index contributed by atoms with van der Waals surface area (Å²) in [6.07, 6.45) is 11.5. The smallest absolute Gasteiger partial charge is 0.237 e. The van der Waals surface area contributed by atoms with Gasteiger partial charge in [0.15, 0.2) is 0 Å². The monoisotopic (exact) mass is 413 g/mol. The van der Waals surface area contributed by atoms with E-state index in [1.54, 1.807) is 0 Å². The van der Waals surface area contributed by atoms with Crippen LogP contribution < -0.4 is 5.73 Å². The van der Waals surface area contributed by atoms with Gasteiger partial charge in [-0.1, -0.05) is 33.8 Å². The Labute approximate surface area is 161 Å². The SMILES string of the molecule is C#CCBr.C#CCN1CCN(Cc2ccc3c(N)ncnc3c2)C(=O)C1. The first-order chi connectivity index (χ1) is 12.6. The second-order valence-electron chi connectivity index (χ2n) is 5.68. The van der Waals surface area contributed by atoms with E-state index in [0.29, 0.717) is 37.3 Å². The molecule has 1 fully saturated rings. The number of rotatable bonds is 3. The van der Waals surface area contributed by atoms with Crippen molar-refractivity contribution in [3.63, 3.8) is 0 Å². The zero-order valence-electron chi connectivity index (χ0n) is 14.4. The largest absolute Gasteiger partial charge is 0.383 e. The molecule has 0 aliphatic carbocycles. The van der Waals surface area contributed by atoms with Crippen LogP contribution >= 0.6 is 15.9 Å². The normalized spacial score (nSPS) is 14.3. The van der Waals surface area contributed by atoms with Gasteiger partial charge in [0.2, 0.25) is 5.91 Å². The summed E-state index contributed by atoms with van der Waals surface area (Å²) in [5.41, 5.74) is 7.65. The molecule has 2 aromatic rings. The van der Waals surface area contributed by atoms with Gasteiger partial charge in [-0.05, 0) is 17.7 Å². The second-order valence-corrected chi connectivity index (χ2v) is 6.24. The van der Waals surface area contributed by atoms with Crippen LogP contribution in [-0.2, 0) is 11.3 Å². The van der Waals surface area contributed by atoms with E-state index in [9.17, 15) is 4.79 Å². The molecule has 6 nitrogen and oxygen atoms in total. The van der Waals surface area contributed by atoms with Crippen LogP contribution in [0.25, 0.3) is 10.9 Å². The predicted molar refractivity (Wildman–Crippen MR) is 107 cm³/mol. The molecule has 7 heteroatoms. The lowest BCUT2D eigenvalue weighted by molar-refractivity contribution is -0.136. The number of fused-ring (bicyclic) bond motifs is 1. The van der Waals surface area contributed by atoms with Crippen molar-refractivity contribution in [2.45, 2.75) is 6.54 Å². The van der Waals surface area contributed by atoms with Crippen LogP contribution in [0.3, 0.4) is 0 Å². The van der Waals surface area contributed by atoms with Crippen molar-refractivity contribution in [1.29, 1.82) is 0 Å². The number of nitrogens with two attached hydrogens (primary N) is 1. The van der Waals surface area contributed by atoms with E-state index in [4.69, 9.17) is 18.6 Å². The number of nitrogens with zero attached hydrogens (tertiary/aromatic N) is 4. The predicted octanol–water partition coefficient (Wildman–Crippen LogP) is 1.50. The molecule has 2 N–H and O–H groups in total. The number of piperazine rings is 1. The summed E-state index contributed by atoms with van der Waals surface area (Å²) in [4.78, 5) is 24.2. The molecule has 1 aliphatic rings. The maximum atomic E-state index is 12.2. The minimum absolute atomic E-state index is 0.101. The Kier molecular flexibility index (Phi) is 7.40. The average Bonchev–Trinajstić information content (AvgIpc) is 2.64. The molecule has 1 saturated heterocycles. The van der Waals surface area contributed by atoms with E-state index < -0.39 is 0 Å². The standard InChI is InChI=1S/C16H17N5O.C3H3Br/c1-2-5-20-6-7-21(15(22)10-20)9-12-3-4-13-14(8-12)18-11-19-16(13)17;1-2-3-4/h1,3-4,8,11H,5-7,9-10H2,(H2,17,18,19);1H,3H2. The lowest BCUT2D eigenvalue weighted by Gasteiger charge is -2.33. The lowest BCUT2D eigenvalue weighted by Crippen LogP contribution is -2.49. The molecular weight excluding hydrogens is 394 g/mol. The molecule has 0 spiro atoms. The number of hydrogen-bond acceptors (Lipinski definition) is 5. The molecule has 1 amide bonds. The Bertz CT molecular complexity index is 855. The zero-order chi connectivity index (χ0) is 18.9. The van der Waals surface area contributed by atoms with E-state index in [1.165, 1.54) is 6.33 Å². The van der Waals surface area contributed by atoms with Crippen LogP contribution in [-0.4, -0.2) is 57.2 Å². The topological polar surface area (TPSA) is 75.3 Å². The summed E-state index contributed by atoms with van der Waals surface area (Å²) >= 11 is 3.01. The van der Waals surface area contributed by atoms with Gasteiger partial charge < -0.3 is 10.6 Å². The molecule has 0 unspecified atom stereocenters. The first-order valence-electron chi connectivity index (χ1n) is 8.01. The number of alkyl halides is 1. The zero-order valence-corrected chi connectivity index (χ0v) is 15.9. The Morgan fingerprint density at radius 2 is 2.00 bits per heavy atom. The summed E-state index contributed by atoms with van der Waals surface area (Å²) in [6, 6.07) is 5.82. The maximum Gasteiger partial charge on any atom is 0.237 e. The van der Waals surface area contributed by atoms with Crippen LogP contribution in [0.2, 0.25) is 0 Å². The van der Waals surface area contributed by atoms with Crippen LogP contribution in [0, 0.1) is 24.7 Å². The van der Waals surface area contributed by atoms with Gasteiger partial charge in [-0.3, -0.25) is 9.69 Å². The molecule has 26 heavy (non-hydrogen) atoms. The molecule has 0 radical (unpaired) electrons. The van der Waals surface area contributed by atoms with E-state index >= 15 is 0 Å². The molecule has 0 atom stereocenters. The Morgan fingerprint density at radius 3 is 2.65 bits per heavy atom. The highest BCUT2D eigenvalue weighted by Crippen LogP contribution is 2.19. The van der Waals surface area contributed by atoms with E-state index in [-0.39, 0.29) is 5.91 Å². The third kappa shape index (κ3) is 5.19. The average molecular weight is 414 g/mol. The van der Waals surface area contributed by atoms with E-state index in [2.05, 4.69) is 37.7 Å². The molecule has 2 heterocycles. The number of carbonyl (C=O) groups excluding carboxylic acids is 1. The molecule has 134 valence electrons. The lowest BCUT2D eigenvalue weighted by atomic mass is 10.1. The molecular formula is C19H20BrN5O. The number of aromatic nitrogens is 2. The first-order valence-corrected chi connectivity index (χ1v) is 9.13. The highest BCUT2D eigenvalue weighted by Gasteiger charge is 2.23. The van der Waals surface area contributed by atoms with Gasteiger partial charge in [-0.15, -0.1) is 12.8 Å². The molecule has 1 aliphatic heterocycles. The number of carbonyl (C=O) groups is 1. The highest BCUT2D eigenvalue weighted by molar-refractivity contribution is 9.09. The molecule has 3 rings (SSSR count). The fraction of sp³-hybridized carbons (Fsp3) is 0.316. The van der Waals surface area contributed by atoms with Crippen molar-refractivity contribution in [3.8, 4) is 24.7 Å². The quantitative estimate of drug-likeness (QED) is 0.609. The number of terminal acetylenes is 2. The van der Waals surface area contributed by atoms with Gasteiger partial charge in [0, 0.05) is 25.0 Å². The van der Waals surface area contributed by atoms with Gasteiger partial charge in [-0.25, -0.2) is 9.97 Å². The maximum absolute atomic E-state index is 12.2. The van der Waals surface area contributed by atoms with Crippen molar-refractivity contribution in [2.24, 2.45) is 0 Å². The number of nitrogen functional groups attached to an aromatic ring is 1. The fourth-order valence-corrected chi connectivity index (χ4v) is 2.63. The fourth-order valence-electron chi connectivity index (χ4n) is 2.63. The van der Waals surface area contributed by atoms with Crippen molar-refractivity contribution in [2.75, 3.05) is 37.2 Å². The van der Waals surface area contributed by atoms with Crippen molar-refractivity contribution in [1.82, 2.24) is 19.8 Å². The number of amides is 1. The number of anilines is 1. The second kappa shape index (κ2) is 9.76. The number of halogens is 1. The Balaban J connectivity index is 0.000000552. The third-order valence-electron chi connectivity index (χ3n) is 3.89. The van der Waals surface area contributed by atoms with Gasteiger partial charge in [0.25, 0.3) is 0 Å². The Hall–Kier alpha value is -2.61. The van der Waals surface area contributed by atoms with Gasteiger partial charge in [0.1, 0.15) is 12.1 Å². The number of benzene rings is 1. The highest BCUT2D eigenvalue weighted by atomic mass is 79.9. The summed E-state index contributed by atoms with van der Waals surface area (Å²) in [5.74, 6) is 5.49. The van der Waals surface area contributed by atoms with Crippen molar-refractivity contribution in [3.05, 3.63) is 30.1 Å². The summed E-state index contributed by atoms with van der Waals surface area (Å²) < 4.78 is 0. The van der Waals surface area contributed by atoms with Gasteiger partial charge in [0.05, 0.1) is 23.9 Å². The first kappa shape index (κ1) is 19.7. The molecule has 1 aromatic heterocycles. The van der Waals surface area contributed by atoms with Gasteiger partial charge >= 0.3 is 0 Å². The molecule has 1 aromatic carbocycles. The van der Waals surface area contributed by atoms with Crippen LogP contribution in [0.4, 0.5) is 5.82 Å². The molecule has 0 bridgehead atoms. The summed E-state index contributed by atoms with van der Waals surface area (Å²) in [7, 11) is 0. The number of hydrogen-bond donors (Lipinski definition) is 1. The van der Waals surface area contributed by atoms with Crippen LogP contribution in [0.15, 0.2) is 24.5 Å². The van der Waals surface area contributed by atoms with E-state index in [0.717, 1.165) is 23.0 Å². The third-order valence-corrected chi connectivity index (χ3v) is 4.22. The van der Waals surface area contributed by atoms with Crippen molar-refractivity contribution < 1.29 is 4.79 Å². The van der Waals surface area contributed by atoms with Gasteiger partial charge in [-0.2, -0.15) is 0 Å². The molecule has 0 saturated carbocycles. The van der Waals surface area contributed by atoms with E-state index in [1.807, 2.05) is 28.0 Å².